The SMILES string of the molecule is CC1NCCC1=C(c1ccccc1)c1ccccc1. The van der Waals surface area contributed by atoms with Crippen LogP contribution in [0.2, 0.25) is 0 Å². The summed E-state index contributed by atoms with van der Waals surface area (Å²) in [5.41, 5.74) is 5.56. The van der Waals surface area contributed by atoms with Crippen LogP contribution in [0.5, 0.6) is 0 Å². The van der Waals surface area contributed by atoms with Crippen molar-refractivity contribution in [3.05, 3.63) is 77.4 Å². The molecule has 19 heavy (non-hydrogen) atoms. The number of rotatable bonds is 2. The summed E-state index contributed by atoms with van der Waals surface area (Å²) in [4.78, 5) is 0. The van der Waals surface area contributed by atoms with Gasteiger partial charge >= 0.3 is 0 Å². The summed E-state index contributed by atoms with van der Waals surface area (Å²) in [6.07, 6.45) is 1.14. The maximum atomic E-state index is 3.53. The second-order valence-corrected chi connectivity index (χ2v) is 5.06. The summed E-state index contributed by atoms with van der Waals surface area (Å²) in [5.74, 6) is 0. The summed E-state index contributed by atoms with van der Waals surface area (Å²) < 4.78 is 0. The lowest BCUT2D eigenvalue weighted by atomic mass is 9.90. The Morgan fingerprint density at radius 1 is 0.895 bits per heavy atom. The van der Waals surface area contributed by atoms with Crippen molar-refractivity contribution in [3.8, 4) is 0 Å². The Morgan fingerprint density at radius 3 is 1.84 bits per heavy atom. The maximum absolute atomic E-state index is 3.53. The quantitative estimate of drug-likeness (QED) is 0.852. The van der Waals surface area contributed by atoms with Gasteiger partial charge in [0.05, 0.1) is 0 Å². The van der Waals surface area contributed by atoms with Gasteiger partial charge in [-0.15, -0.1) is 0 Å². The van der Waals surface area contributed by atoms with Crippen LogP contribution in [0.4, 0.5) is 0 Å². The molecule has 1 aliphatic rings. The zero-order valence-electron chi connectivity index (χ0n) is 11.3. The van der Waals surface area contributed by atoms with E-state index in [1.54, 1.807) is 0 Å². The third-order valence-corrected chi connectivity index (χ3v) is 3.81. The highest BCUT2D eigenvalue weighted by atomic mass is 14.9. The fraction of sp³-hybridized carbons (Fsp3) is 0.222. The molecule has 0 aliphatic carbocycles. The van der Waals surface area contributed by atoms with Gasteiger partial charge in [-0.1, -0.05) is 60.7 Å². The molecule has 0 amide bonds. The van der Waals surface area contributed by atoms with E-state index in [1.165, 1.54) is 22.3 Å². The molecule has 1 heterocycles. The zero-order chi connectivity index (χ0) is 13.1. The molecule has 1 aliphatic heterocycles. The molecule has 1 saturated heterocycles. The van der Waals surface area contributed by atoms with Crippen LogP contribution in [-0.4, -0.2) is 12.6 Å². The predicted molar refractivity (Wildman–Crippen MR) is 81.0 cm³/mol. The van der Waals surface area contributed by atoms with Crippen molar-refractivity contribution in [2.45, 2.75) is 19.4 Å². The summed E-state index contributed by atoms with van der Waals surface area (Å²) in [6, 6.07) is 21.9. The molecule has 0 spiro atoms. The molecule has 0 aromatic heterocycles. The first-order valence-corrected chi connectivity index (χ1v) is 6.93. The molecule has 0 bridgehead atoms. The Bertz CT molecular complexity index is 528. The fourth-order valence-corrected chi connectivity index (χ4v) is 2.85. The minimum Gasteiger partial charge on any atom is -0.310 e. The molecular formula is C18H19N. The second kappa shape index (κ2) is 5.41. The van der Waals surface area contributed by atoms with Crippen LogP contribution in [0, 0.1) is 0 Å². The third kappa shape index (κ3) is 2.47. The first-order chi connectivity index (χ1) is 9.36. The van der Waals surface area contributed by atoms with Crippen LogP contribution in [0.1, 0.15) is 24.5 Å². The molecule has 0 saturated carbocycles. The monoisotopic (exact) mass is 249 g/mol. The van der Waals surface area contributed by atoms with E-state index in [9.17, 15) is 0 Å². The van der Waals surface area contributed by atoms with Crippen LogP contribution < -0.4 is 5.32 Å². The summed E-state index contributed by atoms with van der Waals surface area (Å²) in [7, 11) is 0. The molecule has 1 heteroatoms. The second-order valence-electron chi connectivity index (χ2n) is 5.06. The Hall–Kier alpha value is -1.86. The topological polar surface area (TPSA) is 12.0 Å². The van der Waals surface area contributed by atoms with E-state index in [1.807, 2.05) is 0 Å². The van der Waals surface area contributed by atoms with Crippen molar-refractivity contribution < 1.29 is 0 Å². The van der Waals surface area contributed by atoms with Gasteiger partial charge in [-0.25, -0.2) is 0 Å². The number of hydrogen-bond donors (Lipinski definition) is 1. The van der Waals surface area contributed by atoms with Crippen molar-refractivity contribution in [2.24, 2.45) is 0 Å². The summed E-state index contributed by atoms with van der Waals surface area (Å²) in [6.45, 7) is 3.34. The Labute approximate surface area is 115 Å². The van der Waals surface area contributed by atoms with Crippen LogP contribution in [-0.2, 0) is 0 Å². The zero-order valence-corrected chi connectivity index (χ0v) is 11.3. The standard InChI is InChI=1S/C18H19N/c1-14-17(12-13-19-14)18(15-8-4-2-5-9-15)16-10-6-3-7-11-16/h2-11,14,19H,12-13H2,1H3. The first kappa shape index (κ1) is 12.2. The molecule has 96 valence electrons. The molecule has 2 aromatic rings. The lowest BCUT2D eigenvalue weighted by molar-refractivity contribution is 0.721. The maximum Gasteiger partial charge on any atom is 0.0261 e. The predicted octanol–water partition coefficient (Wildman–Crippen LogP) is 3.87. The van der Waals surface area contributed by atoms with Gasteiger partial charge in [0.25, 0.3) is 0 Å². The molecule has 1 fully saturated rings. The highest BCUT2D eigenvalue weighted by molar-refractivity contribution is 5.83. The van der Waals surface area contributed by atoms with E-state index < -0.39 is 0 Å². The average Bonchev–Trinajstić information content (AvgIpc) is 2.88. The minimum atomic E-state index is 0.468. The molecular weight excluding hydrogens is 230 g/mol. The molecule has 1 nitrogen and oxygen atoms in total. The molecule has 3 rings (SSSR count). The summed E-state index contributed by atoms with van der Waals surface area (Å²) in [5, 5.41) is 3.53. The van der Waals surface area contributed by atoms with E-state index in [0.29, 0.717) is 6.04 Å². The van der Waals surface area contributed by atoms with Gasteiger partial charge in [0, 0.05) is 6.04 Å². The van der Waals surface area contributed by atoms with E-state index in [0.717, 1.165) is 13.0 Å². The van der Waals surface area contributed by atoms with Gasteiger partial charge < -0.3 is 5.32 Å². The normalized spacial score (nSPS) is 18.6. The fourth-order valence-electron chi connectivity index (χ4n) is 2.85. The smallest absolute Gasteiger partial charge is 0.0261 e. The number of benzene rings is 2. The van der Waals surface area contributed by atoms with Crippen molar-refractivity contribution in [1.29, 1.82) is 0 Å². The van der Waals surface area contributed by atoms with Gasteiger partial charge in [0.15, 0.2) is 0 Å². The molecule has 1 unspecified atom stereocenters. The van der Waals surface area contributed by atoms with E-state index >= 15 is 0 Å². The van der Waals surface area contributed by atoms with Crippen molar-refractivity contribution in [1.82, 2.24) is 5.32 Å². The van der Waals surface area contributed by atoms with Crippen molar-refractivity contribution in [3.63, 3.8) is 0 Å². The minimum absolute atomic E-state index is 0.468. The Balaban J connectivity index is 2.17. The van der Waals surface area contributed by atoms with Gasteiger partial charge in [0.1, 0.15) is 0 Å². The van der Waals surface area contributed by atoms with Crippen LogP contribution in [0.15, 0.2) is 66.2 Å². The van der Waals surface area contributed by atoms with Crippen molar-refractivity contribution >= 4 is 5.57 Å². The van der Waals surface area contributed by atoms with Crippen LogP contribution >= 0.6 is 0 Å². The first-order valence-electron chi connectivity index (χ1n) is 6.93. The van der Waals surface area contributed by atoms with Crippen molar-refractivity contribution in [2.75, 3.05) is 6.54 Å². The van der Waals surface area contributed by atoms with E-state index in [2.05, 4.69) is 72.9 Å². The van der Waals surface area contributed by atoms with Crippen LogP contribution in [0.3, 0.4) is 0 Å². The summed E-state index contributed by atoms with van der Waals surface area (Å²) >= 11 is 0. The Morgan fingerprint density at radius 2 is 1.42 bits per heavy atom. The lowest BCUT2D eigenvalue weighted by Crippen LogP contribution is -2.18. The molecule has 2 aromatic carbocycles. The molecule has 1 atom stereocenters. The third-order valence-electron chi connectivity index (χ3n) is 3.81. The van der Waals surface area contributed by atoms with Gasteiger partial charge in [-0.2, -0.15) is 0 Å². The van der Waals surface area contributed by atoms with E-state index in [4.69, 9.17) is 0 Å². The number of nitrogens with one attached hydrogen (secondary N) is 1. The van der Waals surface area contributed by atoms with Gasteiger partial charge in [-0.3, -0.25) is 0 Å². The lowest BCUT2D eigenvalue weighted by Gasteiger charge is -2.15. The molecule has 1 N–H and O–H groups in total. The van der Waals surface area contributed by atoms with E-state index in [-0.39, 0.29) is 0 Å². The largest absolute Gasteiger partial charge is 0.310 e. The molecule has 0 radical (unpaired) electrons. The Kier molecular flexibility index (Phi) is 3.47. The van der Waals surface area contributed by atoms with Gasteiger partial charge in [0.2, 0.25) is 0 Å². The highest BCUT2D eigenvalue weighted by Crippen LogP contribution is 2.31. The average molecular weight is 249 g/mol. The highest BCUT2D eigenvalue weighted by Gasteiger charge is 2.21. The number of hydrogen-bond acceptors (Lipinski definition) is 1. The van der Waals surface area contributed by atoms with Gasteiger partial charge in [-0.05, 0) is 42.2 Å². The van der Waals surface area contributed by atoms with Crippen LogP contribution in [0.25, 0.3) is 5.57 Å².